The second-order valence-electron chi connectivity index (χ2n) is 9.59. The predicted octanol–water partition coefficient (Wildman–Crippen LogP) is 5.27. The molecule has 0 spiro atoms. The van der Waals surface area contributed by atoms with Gasteiger partial charge in [-0.15, -0.1) is 0 Å². The molecule has 0 aliphatic carbocycles. The van der Waals surface area contributed by atoms with Crippen molar-refractivity contribution in [1.29, 1.82) is 0 Å². The summed E-state index contributed by atoms with van der Waals surface area (Å²) in [5, 5.41) is 9.99. The van der Waals surface area contributed by atoms with E-state index in [4.69, 9.17) is 16.6 Å². The highest BCUT2D eigenvalue weighted by Gasteiger charge is 2.26. The number of carbonyl (C=O) groups excluding carboxylic acids is 1. The van der Waals surface area contributed by atoms with Gasteiger partial charge in [0.25, 0.3) is 5.91 Å². The number of amides is 1. The van der Waals surface area contributed by atoms with Gasteiger partial charge >= 0.3 is 5.97 Å². The number of aryl methyl sites for hydroxylation is 1. The van der Waals surface area contributed by atoms with Crippen molar-refractivity contribution in [2.45, 2.75) is 45.6 Å². The fourth-order valence-electron chi connectivity index (χ4n) is 4.84. The average molecular weight is 521 g/mol. The van der Waals surface area contributed by atoms with E-state index in [0.717, 1.165) is 44.3 Å². The zero-order chi connectivity index (χ0) is 26.2. The maximum Gasteiger partial charge on any atom is 0.323 e. The number of rotatable bonds is 10. The van der Waals surface area contributed by atoms with Crippen molar-refractivity contribution in [2.24, 2.45) is 5.92 Å². The molecule has 1 amide bonds. The highest BCUT2D eigenvalue weighted by atomic mass is 35.5. The molecule has 7 nitrogen and oxygen atoms in total. The van der Waals surface area contributed by atoms with Crippen LogP contribution in [0.5, 0.6) is 0 Å². The number of benzene rings is 2. The van der Waals surface area contributed by atoms with Crippen molar-refractivity contribution in [3.05, 3.63) is 88.2 Å². The van der Waals surface area contributed by atoms with Gasteiger partial charge < -0.3 is 14.9 Å². The van der Waals surface area contributed by atoms with Crippen molar-refractivity contribution in [3.63, 3.8) is 0 Å². The van der Waals surface area contributed by atoms with Gasteiger partial charge in [-0.05, 0) is 54.9 Å². The first kappa shape index (κ1) is 26.6. The second kappa shape index (κ2) is 12.7. The van der Waals surface area contributed by atoms with E-state index in [2.05, 4.69) is 34.1 Å². The van der Waals surface area contributed by atoms with Crippen molar-refractivity contribution < 1.29 is 14.7 Å². The van der Waals surface area contributed by atoms with Crippen LogP contribution >= 0.6 is 11.6 Å². The first-order valence-electron chi connectivity index (χ1n) is 12.8. The van der Waals surface area contributed by atoms with E-state index in [9.17, 15) is 14.7 Å². The molecule has 0 radical (unpaired) electrons. The molecule has 1 fully saturated rings. The molecule has 3 aromatic rings. The van der Waals surface area contributed by atoms with E-state index in [0.29, 0.717) is 34.6 Å². The number of hydrogen-bond donors (Lipinski definition) is 1. The third-order valence-electron chi connectivity index (χ3n) is 6.71. The summed E-state index contributed by atoms with van der Waals surface area (Å²) in [6, 6.07) is 17.7. The summed E-state index contributed by atoms with van der Waals surface area (Å²) in [5.41, 5.74) is 3.14. The smallest absolute Gasteiger partial charge is 0.323 e. The molecule has 1 aromatic heterocycles. The number of nitrogens with zero attached hydrogens (tertiary/aromatic N) is 4. The summed E-state index contributed by atoms with van der Waals surface area (Å²) in [5.74, 6) is -0.203. The number of carboxylic acids is 1. The molecule has 2 aromatic carbocycles. The molecule has 0 unspecified atom stereocenters. The fourth-order valence-corrected chi connectivity index (χ4v) is 5.05. The van der Waals surface area contributed by atoms with Gasteiger partial charge in [-0.2, -0.15) is 0 Å². The van der Waals surface area contributed by atoms with E-state index in [1.54, 1.807) is 24.4 Å². The maximum atomic E-state index is 13.5. The number of aromatic nitrogens is 2. The molecule has 2 heterocycles. The van der Waals surface area contributed by atoms with Crippen LogP contribution < -0.4 is 4.90 Å². The zero-order valence-corrected chi connectivity index (χ0v) is 21.9. The Balaban J connectivity index is 1.48. The monoisotopic (exact) mass is 520 g/mol. The quantitative estimate of drug-likeness (QED) is 0.392. The molecule has 0 bridgehead atoms. The minimum absolute atomic E-state index is 0.133. The van der Waals surface area contributed by atoms with E-state index in [1.165, 1.54) is 10.5 Å². The minimum atomic E-state index is -1.08. The van der Waals surface area contributed by atoms with Crippen LogP contribution in [-0.2, 0) is 24.2 Å². The number of carbonyl (C=O) groups is 2. The number of hydrogen-bond acceptors (Lipinski definition) is 5. The van der Waals surface area contributed by atoms with Gasteiger partial charge in [0.1, 0.15) is 6.54 Å². The summed E-state index contributed by atoms with van der Waals surface area (Å²) in [6.07, 6.45) is 6.19. The predicted molar refractivity (Wildman–Crippen MR) is 145 cm³/mol. The topological polar surface area (TPSA) is 86.6 Å². The second-order valence-corrected chi connectivity index (χ2v) is 10.0. The third kappa shape index (κ3) is 7.29. The van der Waals surface area contributed by atoms with Crippen LogP contribution in [0.3, 0.4) is 0 Å². The Bertz CT molecular complexity index is 1210. The Hall–Kier alpha value is -3.45. The number of anilines is 1. The lowest BCUT2D eigenvalue weighted by atomic mass is 9.90. The molecule has 1 aliphatic heterocycles. The summed E-state index contributed by atoms with van der Waals surface area (Å²) in [4.78, 5) is 37.9. The number of piperidine rings is 1. The number of carboxylic acid groups (broad SMARTS) is 1. The van der Waals surface area contributed by atoms with Gasteiger partial charge in [0.15, 0.2) is 0 Å². The zero-order valence-electron chi connectivity index (χ0n) is 21.1. The highest BCUT2D eigenvalue weighted by Crippen LogP contribution is 2.25. The molecule has 0 atom stereocenters. The van der Waals surface area contributed by atoms with Gasteiger partial charge in [-0.25, -0.2) is 9.97 Å². The summed E-state index contributed by atoms with van der Waals surface area (Å²) in [7, 11) is 0. The Morgan fingerprint density at radius 3 is 2.49 bits per heavy atom. The van der Waals surface area contributed by atoms with Gasteiger partial charge in [0.05, 0.1) is 11.3 Å². The standard InChI is InChI=1S/C29H33ClN4O3/c1-2-7-26-25(28(37)34(20-27(35)36)19-23-10-6-11-24(30)17-23)18-31-29(32-26)33-14-12-22(13-15-33)16-21-8-4-3-5-9-21/h3-6,8-11,17-18,22H,2,7,12-16,19-20H2,1H3,(H,35,36). The highest BCUT2D eigenvalue weighted by molar-refractivity contribution is 6.30. The van der Waals surface area contributed by atoms with Crippen LogP contribution in [0.2, 0.25) is 5.02 Å². The molecule has 37 heavy (non-hydrogen) atoms. The van der Waals surface area contributed by atoms with Crippen LogP contribution in [0.15, 0.2) is 60.8 Å². The van der Waals surface area contributed by atoms with Crippen LogP contribution in [0.4, 0.5) is 5.95 Å². The van der Waals surface area contributed by atoms with Gasteiger partial charge in [-0.1, -0.05) is 67.4 Å². The van der Waals surface area contributed by atoms with E-state index in [-0.39, 0.29) is 12.5 Å². The number of aliphatic carboxylic acids is 1. The minimum Gasteiger partial charge on any atom is -0.480 e. The Morgan fingerprint density at radius 1 is 1.08 bits per heavy atom. The molecule has 1 aliphatic rings. The van der Waals surface area contributed by atoms with Crippen molar-refractivity contribution in [2.75, 3.05) is 24.5 Å². The van der Waals surface area contributed by atoms with Gasteiger partial charge in [0, 0.05) is 30.9 Å². The van der Waals surface area contributed by atoms with Crippen LogP contribution in [0.25, 0.3) is 0 Å². The Kier molecular flexibility index (Phi) is 9.12. The Morgan fingerprint density at radius 2 is 1.81 bits per heavy atom. The van der Waals surface area contributed by atoms with Crippen molar-refractivity contribution in [3.8, 4) is 0 Å². The molecular weight excluding hydrogens is 488 g/mol. The summed E-state index contributed by atoms with van der Waals surface area (Å²) >= 11 is 6.09. The summed E-state index contributed by atoms with van der Waals surface area (Å²) < 4.78 is 0. The number of halogens is 1. The van der Waals surface area contributed by atoms with E-state index in [1.807, 2.05) is 19.1 Å². The van der Waals surface area contributed by atoms with Crippen molar-refractivity contribution in [1.82, 2.24) is 14.9 Å². The lowest BCUT2D eigenvalue weighted by Crippen LogP contribution is -2.37. The maximum absolute atomic E-state index is 13.5. The van der Waals surface area contributed by atoms with Crippen LogP contribution in [0.1, 0.15) is 53.4 Å². The van der Waals surface area contributed by atoms with Crippen LogP contribution in [0, 0.1) is 5.92 Å². The average Bonchev–Trinajstić information content (AvgIpc) is 2.89. The molecule has 1 N–H and O–H groups in total. The van der Waals surface area contributed by atoms with Gasteiger partial charge in [-0.3, -0.25) is 9.59 Å². The molecule has 8 heteroatoms. The molecule has 194 valence electrons. The van der Waals surface area contributed by atoms with Gasteiger partial charge in [0.2, 0.25) is 5.95 Å². The van der Waals surface area contributed by atoms with Crippen molar-refractivity contribution >= 4 is 29.4 Å². The third-order valence-corrected chi connectivity index (χ3v) is 6.95. The normalized spacial score (nSPS) is 13.9. The van der Waals surface area contributed by atoms with E-state index < -0.39 is 12.5 Å². The lowest BCUT2D eigenvalue weighted by Gasteiger charge is -2.32. The first-order valence-corrected chi connectivity index (χ1v) is 13.2. The largest absolute Gasteiger partial charge is 0.480 e. The SMILES string of the molecule is CCCc1nc(N2CCC(Cc3ccccc3)CC2)ncc1C(=O)N(CC(=O)O)Cc1cccc(Cl)c1. The first-order chi connectivity index (χ1) is 17.9. The van der Waals surface area contributed by atoms with E-state index >= 15 is 0 Å². The lowest BCUT2D eigenvalue weighted by molar-refractivity contribution is -0.137. The molecular formula is C29H33ClN4O3. The Labute approximate surface area is 223 Å². The van der Waals surface area contributed by atoms with Crippen LogP contribution in [-0.4, -0.2) is 51.5 Å². The molecule has 1 saturated heterocycles. The fraction of sp³-hybridized carbons (Fsp3) is 0.379. The summed E-state index contributed by atoms with van der Waals surface area (Å²) in [6.45, 7) is 3.49. The molecule has 0 saturated carbocycles. The molecule has 4 rings (SSSR count).